The number of ether oxygens (including phenoxy) is 2. The van der Waals surface area contributed by atoms with E-state index in [0.29, 0.717) is 31.8 Å². The molecule has 0 unspecified atom stereocenters. The first kappa shape index (κ1) is 28.7. The van der Waals surface area contributed by atoms with Crippen LogP contribution in [-0.2, 0) is 14.3 Å². The molecule has 1 fully saturated rings. The van der Waals surface area contributed by atoms with Crippen molar-refractivity contribution in [2.75, 3.05) is 38.9 Å². The molecule has 0 radical (unpaired) electrons. The van der Waals surface area contributed by atoms with Crippen molar-refractivity contribution < 1.29 is 14.3 Å². The van der Waals surface area contributed by atoms with Crippen molar-refractivity contribution in [3.63, 3.8) is 0 Å². The lowest BCUT2D eigenvalue weighted by Gasteiger charge is -2.44. The van der Waals surface area contributed by atoms with Crippen LogP contribution < -0.4 is 5.32 Å². The monoisotopic (exact) mass is 459 g/mol. The van der Waals surface area contributed by atoms with Crippen LogP contribution in [0, 0.1) is 10.8 Å². The first-order valence-corrected chi connectivity index (χ1v) is 13.5. The molecule has 0 aromatic carbocycles. The summed E-state index contributed by atoms with van der Waals surface area (Å²) in [6.07, 6.45) is 16.3. The normalized spacial score (nSPS) is 23.7. The molecule has 0 heterocycles. The highest BCUT2D eigenvalue weighted by Gasteiger charge is 2.44. The average Bonchev–Trinajstić information content (AvgIpc) is 2.76. The zero-order valence-corrected chi connectivity index (χ0v) is 21.5. The van der Waals surface area contributed by atoms with Gasteiger partial charge in [0.25, 0.3) is 0 Å². The number of rotatable bonds is 19. The van der Waals surface area contributed by atoms with E-state index in [9.17, 15) is 4.79 Å². The van der Waals surface area contributed by atoms with Gasteiger partial charge >= 0.3 is 0 Å². The topological polar surface area (TPSA) is 47.6 Å². The van der Waals surface area contributed by atoms with Gasteiger partial charge in [-0.2, -0.15) is 0 Å². The van der Waals surface area contributed by atoms with Crippen molar-refractivity contribution in [1.29, 1.82) is 0 Å². The highest BCUT2D eigenvalue weighted by atomic mass is 35.5. The SMILES string of the molecule is CCCCCC1(C)CCC(CCC)(C(=O)NCCOCCOCCCCCCCl)CC1. The van der Waals surface area contributed by atoms with Gasteiger partial charge in [0.05, 0.1) is 19.8 Å². The molecule has 0 aromatic heterocycles. The van der Waals surface area contributed by atoms with Crippen LogP contribution in [0.15, 0.2) is 0 Å². The Labute approximate surface area is 197 Å². The summed E-state index contributed by atoms with van der Waals surface area (Å²) in [5, 5.41) is 3.17. The lowest BCUT2D eigenvalue weighted by atomic mass is 9.61. The number of halogens is 1. The molecule has 0 saturated heterocycles. The summed E-state index contributed by atoms with van der Waals surface area (Å²) >= 11 is 5.67. The Morgan fingerprint density at radius 2 is 1.48 bits per heavy atom. The summed E-state index contributed by atoms with van der Waals surface area (Å²) < 4.78 is 11.2. The van der Waals surface area contributed by atoms with Gasteiger partial charge < -0.3 is 14.8 Å². The fourth-order valence-electron chi connectivity index (χ4n) is 4.85. The van der Waals surface area contributed by atoms with Crippen LogP contribution in [-0.4, -0.2) is 44.8 Å². The van der Waals surface area contributed by atoms with Crippen LogP contribution in [0.25, 0.3) is 0 Å². The smallest absolute Gasteiger partial charge is 0.226 e. The minimum atomic E-state index is -0.161. The number of nitrogens with one attached hydrogen (secondary N) is 1. The number of carbonyl (C=O) groups excluding carboxylic acids is 1. The second-order valence-electron chi connectivity index (χ2n) is 9.88. The summed E-state index contributed by atoms with van der Waals surface area (Å²) in [5.74, 6) is 1.00. The molecular formula is C26H50ClNO3. The molecule has 0 aliphatic heterocycles. The van der Waals surface area contributed by atoms with Gasteiger partial charge in [0.2, 0.25) is 5.91 Å². The molecule has 184 valence electrons. The van der Waals surface area contributed by atoms with E-state index in [-0.39, 0.29) is 11.3 Å². The third-order valence-electron chi connectivity index (χ3n) is 7.08. The van der Waals surface area contributed by atoms with E-state index in [4.69, 9.17) is 21.1 Å². The Kier molecular flexibility index (Phi) is 15.9. The maximum Gasteiger partial charge on any atom is 0.226 e. The predicted octanol–water partition coefficient (Wildman–Crippen LogP) is 6.88. The molecule has 1 saturated carbocycles. The van der Waals surface area contributed by atoms with Gasteiger partial charge in [0, 0.05) is 24.4 Å². The van der Waals surface area contributed by atoms with Crippen LogP contribution in [0.5, 0.6) is 0 Å². The van der Waals surface area contributed by atoms with Crippen molar-refractivity contribution in [2.24, 2.45) is 10.8 Å². The lowest BCUT2D eigenvalue weighted by Crippen LogP contribution is -2.46. The van der Waals surface area contributed by atoms with Gasteiger partial charge in [0.15, 0.2) is 0 Å². The van der Waals surface area contributed by atoms with E-state index in [1.807, 2.05) is 0 Å². The van der Waals surface area contributed by atoms with Crippen molar-refractivity contribution in [1.82, 2.24) is 5.32 Å². The lowest BCUT2D eigenvalue weighted by molar-refractivity contribution is -0.135. The second kappa shape index (κ2) is 17.2. The molecule has 0 aromatic rings. The van der Waals surface area contributed by atoms with Crippen LogP contribution in [0.3, 0.4) is 0 Å². The van der Waals surface area contributed by atoms with E-state index >= 15 is 0 Å². The molecule has 0 spiro atoms. The molecule has 0 atom stereocenters. The third kappa shape index (κ3) is 11.9. The minimum absolute atomic E-state index is 0.161. The van der Waals surface area contributed by atoms with E-state index < -0.39 is 0 Å². The molecule has 5 heteroatoms. The van der Waals surface area contributed by atoms with Crippen molar-refractivity contribution >= 4 is 17.5 Å². The summed E-state index contributed by atoms with van der Waals surface area (Å²) in [5.41, 5.74) is 0.269. The minimum Gasteiger partial charge on any atom is -0.379 e. The first-order valence-electron chi connectivity index (χ1n) is 13.0. The number of amides is 1. The summed E-state index contributed by atoms with van der Waals surface area (Å²) in [6, 6.07) is 0. The number of hydrogen-bond donors (Lipinski definition) is 1. The molecule has 4 nitrogen and oxygen atoms in total. The number of unbranched alkanes of at least 4 members (excludes halogenated alkanes) is 5. The first-order chi connectivity index (χ1) is 15.0. The van der Waals surface area contributed by atoms with Crippen molar-refractivity contribution in [3.8, 4) is 0 Å². The van der Waals surface area contributed by atoms with Crippen LogP contribution in [0.1, 0.15) is 111 Å². The zero-order valence-electron chi connectivity index (χ0n) is 20.7. The summed E-state index contributed by atoms with van der Waals surface area (Å²) in [7, 11) is 0. The number of alkyl halides is 1. The summed E-state index contributed by atoms with van der Waals surface area (Å²) in [6.45, 7) is 10.1. The van der Waals surface area contributed by atoms with E-state index in [1.165, 1.54) is 51.4 Å². The molecule has 1 aliphatic rings. The third-order valence-corrected chi connectivity index (χ3v) is 7.35. The Bertz CT molecular complexity index is 450. The van der Waals surface area contributed by atoms with E-state index in [1.54, 1.807) is 0 Å². The highest BCUT2D eigenvalue weighted by molar-refractivity contribution is 6.17. The van der Waals surface area contributed by atoms with Crippen molar-refractivity contribution in [2.45, 2.75) is 111 Å². The van der Waals surface area contributed by atoms with Gasteiger partial charge in [-0.3, -0.25) is 4.79 Å². The fraction of sp³-hybridized carbons (Fsp3) is 0.962. The van der Waals surface area contributed by atoms with Gasteiger partial charge in [-0.25, -0.2) is 0 Å². The molecule has 1 rings (SSSR count). The molecular weight excluding hydrogens is 410 g/mol. The van der Waals surface area contributed by atoms with Gasteiger partial charge in [-0.1, -0.05) is 59.3 Å². The second-order valence-corrected chi connectivity index (χ2v) is 10.3. The van der Waals surface area contributed by atoms with Crippen LogP contribution in [0.2, 0.25) is 0 Å². The molecule has 31 heavy (non-hydrogen) atoms. The van der Waals surface area contributed by atoms with Gasteiger partial charge in [-0.15, -0.1) is 11.6 Å². The number of carbonyl (C=O) groups is 1. The molecule has 1 N–H and O–H groups in total. The average molecular weight is 460 g/mol. The molecule has 1 amide bonds. The van der Waals surface area contributed by atoms with Crippen LogP contribution >= 0.6 is 11.6 Å². The highest BCUT2D eigenvalue weighted by Crippen LogP contribution is 2.50. The fourth-order valence-corrected chi connectivity index (χ4v) is 5.04. The Morgan fingerprint density at radius 3 is 2.13 bits per heavy atom. The molecule has 1 aliphatic carbocycles. The zero-order chi connectivity index (χ0) is 22.8. The standard InChI is InChI=1S/C26H50ClNO3/c1-4-6-9-13-25(3)14-16-26(12-5-2,17-15-25)24(29)28-19-21-31-23-22-30-20-11-8-7-10-18-27/h4-23H2,1-3H3,(H,28,29). The van der Waals surface area contributed by atoms with Crippen LogP contribution in [0.4, 0.5) is 0 Å². The Hall–Kier alpha value is -0.320. The molecule has 0 bridgehead atoms. The Balaban J connectivity index is 2.19. The van der Waals surface area contributed by atoms with Gasteiger partial charge in [-0.05, 0) is 56.8 Å². The maximum absolute atomic E-state index is 13.1. The summed E-state index contributed by atoms with van der Waals surface area (Å²) in [4.78, 5) is 13.1. The predicted molar refractivity (Wildman–Crippen MR) is 132 cm³/mol. The van der Waals surface area contributed by atoms with E-state index in [2.05, 4.69) is 26.1 Å². The van der Waals surface area contributed by atoms with Crippen molar-refractivity contribution in [3.05, 3.63) is 0 Å². The quantitative estimate of drug-likeness (QED) is 0.169. The maximum atomic E-state index is 13.1. The Morgan fingerprint density at radius 1 is 0.806 bits per heavy atom. The largest absolute Gasteiger partial charge is 0.379 e. The number of hydrogen-bond acceptors (Lipinski definition) is 3. The van der Waals surface area contributed by atoms with Gasteiger partial charge in [0.1, 0.15) is 0 Å². The van der Waals surface area contributed by atoms with E-state index in [0.717, 1.165) is 51.0 Å².